The molecule has 0 unspecified atom stereocenters. The number of fused-ring (bicyclic) bond motifs is 1. The van der Waals surface area contributed by atoms with E-state index in [4.69, 9.17) is 4.74 Å². The Kier molecular flexibility index (Phi) is 3.63. The summed E-state index contributed by atoms with van der Waals surface area (Å²) >= 11 is 0. The maximum atomic E-state index is 14.1. The van der Waals surface area contributed by atoms with Gasteiger partial charge < -0.3 is 9.72 Å². The average Bonchev–Trinajstić information content (AvgIpc) is 2.67. The van der Waals surface area contributed by atoms with Crippen molar-refractivity contribution in [1.82, 2.24) is 9.55 Å². The molecule has 23 heavy (non-hydrogen) atoms. The van der Waals surface area contributed by atoms with E-state index in [0.29, 0.717) is 5.75 Å². The van der Waals surface area contributed by atoms with Gasteiger partial charge in [-0.25, -0.2) is 9.36 Å². The van der Waals surface area contributed by atoms with Crippen LogP contribution < -0.4 is 16.0 Å². The summed E-state index contributed by atoms with van der Waals surface area (Å²) < 4.78 is 34.0. The van der Waals surface area contributed by atoms with Gasteiger partial charge in [0, 0.05) is 6.42 Å². The molecular weight excluding hydrogens is 306 g/mol. The van der Waals surface area contributed by atoms with Crippen LogP contribution >= 0.6 is 0 Å². The van der Waals surface area contributed by atoms with Crippen LogP contribution in [0.15, 0.2) is 39.9 Å². The van der Waals surface area contributed by atoms with Crippen LogP contribution in [0.2, 0.25) is 0 Å². The number of nitrogens with one attached hydrogen (secondary N) is 1. The van der Waals surface area contributed by atoms with E-state index in [1.807, 2.05) is 0 Å². The summed E-state index contributed by atoms with van der Waals surface area (Å²) in [5.74, 6) is -2.68. The number of nitrogens with zero attached hydrogens (tertiary/aromatic N) is 1. The molecule has 0 saturated heterocycles. The highest BCUT2D eigenvalue weighted by Crippen LogP contribution is 2.35. The lowest BCUT2D eigenvalue weighted by Crippen LogP contribution is -2.38. The summed E-state index contributed by atoms with van der Waals surface area (Å²) in [6.45, 7) is 0. The minimum Gasteiger partial charge on any atom is -0.497 e. The lowest BCUT2D eigenvalue weighted by atomic mass is 10.1. The number of benzene rings is 1. The summed E-state index contributed by atoms with van der Waals surface area (Å²) in [7, 11) is 1.49. The van der Waals surface area contributed by atoms with Crippen molar-refractivity contribution < 1.29 is 13.5 Å². The monoisotopic (exact) mass is 320 g/mol. The number of alkyl halides is 2. The zero-order valence-electron chi connectivity index (χ0n) is 12.3. The van der Waals surface area contributed by atoms with Crippen LogP contribution in [-0.4, -0.2) is 16.7 Å². The highest BCUT2D eigenvalue weighted by Gasteiger charge is 2.37. The largest absolute Gasteiger partial charge is 0.497 e. The van der Waals surface area contributed by atoms with Gasteiger partial charge in [0.1, 0.15) is 11.4 Å². The highest BCUT2D eigenvalue weighted by atomic mass is 19.3. The van der Waals surface area contributed by atoms with Gasteiger partial charge in [0.2, 0.25) is 0 Å². The van der Waals surface area contributed by atoms with E-state index in [1.165, 1.54) is 31.4 Å². The van der Waals surface area contributed by atoms with Gasteiger partial charge in [-0.15, -0.1) is 0 Å². The molecule has 0 aliphatic heterocycles. The number of ether oxygens (including phenoxy) is 1. The molecule has 1 aliphatic carbocycles. The SMILES string of the molecule is COc1ccc(-n2c(=O)[nH]c3c(c2=O)C=CCCC3(F)F)cc1. The lowest BCUT2D eigenvalue weighted by molar-refractivity contribution is -0.0169. The Morgan fingerprint density at radius 3 is 2.57 bits per heavy atom. The molecular formula is C16H14F2N2O3. The Bertz CT molecular complexity index is 880. The standard InChI is InChI=1S/C16H14F2N2O3/c1-23-11-7-5-10(6-8-11)20-14(21)12-4-2-3-9-16(17,18)13(12)19-15(20)22/h2,4-8H,3,9H2,1H3,(H,19,22). The summed E-state index contributed by atoms with van der Waals surface area (Å²) in [6.07, 6.45) is 2.54. The van der Waals surface area contributed by atoms with Gasteiger partial charge >= 0.3 is 5.69 Å². The van der Waals surface area contributed by atoms with Crippen molar-refractivity contribution in [3.05, 3.63) is 62.4 Å². The second-order valence-corrected chi connectivity index (χ2v) is 5.20. The first kappa shape index (κ1) is 15.2. The molecule has 0 fully saturated rings. The molecule has 5 nitrogen and oxygen atoms in total. The number of halogens is 2. The van der Waals surface area contributed by atoms with E-state index in [-0.39, 0.29) is 17.7 Å². The van der Waals surface area contributed by atoms with Crippen LogP contribution in [0.1, 0.15) is 24.1 Å². The first-order valence-electron chi connectivity index (χ1n) is 7.02. The number of hydrogen-bond acceptors (Lipinski definition) is 3. The maximum absolute atomic E-state index is 14.1. The molecule has 1 aromatic carbocycles. The van der Waals surface area contributed by atoms with E-state index in [2.05, 4.69) is 4.98 Å². The predicted molar refractivity (Wildman–Crippen MR) is 81.4 cm³/mol. The zero-order valence-corrected chi connectivity index (χ0v) is 12.3. The van der Waals surface area contributed by atoms with Gasteiger partial charge in [-0.2, -0.15) is 8.78 Å². The fourth-order valence-corrected chi connectivity index (χ4v) is 2.55. The normalized spacial score (nSPS) is 15.8. The number of hydrogen-bond donors (Lipinski definition) is 1. The molecule has 3 rings (SSSR count). The van der Waals surface area contributed by atoms with E-state index >= 15 is 0 Å². The number of rotatable bonds is 2. The van der Waals surface area contributed by atoms with Crippen molar-refractivity contribution in [3.8, 4) is 11.4 Å². The minimum atomic E-state index is -3.24. The highest BCUT2D eigenvalue weighted by molar-refractivity contribution is 5.54. The lowest BCUT2D eigenvalue weighted by Gasteiger charge is -2.17. The summed E-state index contributed by atoms with van der Waals surface area (Å²) in [5.41, 5.74) is -2.20. The summed E-state index contributed by atoms with van der Waals surface area (Å²) in [5, 5.41) is 0. The van der Waals surface area contributed by atoms with Crippen LogP contribution in [0.4, 0.5) is 8.78 Å². The van der Waals surface area contributed by atoms with Gasteiger partial charge in [0.25, 0.3) is 11.5 Å². The van der Waals surface area contributed by atoms with Crippen LogP contribution in [-0.2, 0) is 5.92 Å². The fraction of sp³-hybridized carbons (Fsp3) is 0.250. The number of aromatic amines is 1. The third-order valence-corrected chi connectivity index (χ3v) is 3.74. The van der Waals surface area contributed by atoms with Crippen molar-refractivity contribution in [3.63, 3.8) is 0 Å². The van der Waals surface area contributed by atoms with Gasteiger partial charge in [0.15, 0.2) is 0 Å². The molecule has 1 heterocycles. The first-order valence-corrected chi connectivity index (χ1v) is 7.02. The summed E-state index contributed by atoms with van der Waals surface area (Å²) in [6, 6.07) is 6.19. The Labute approximate surface area is 129 Å². The molecule has 0 bridgehead atoms. The smallest absolute Gasteiger partial charge is 0.333 e. The maximum Gasteiger partial charge on any atom is 0.333 e. The van der Waals surface area contributed by atoms with Crippen LogP contribution in [0.25, 0.3) is 11.8 Å². The molecule has 0 saturated carbocycles. The van der Waals surface area contributed by atoms with E-state index in [1.54, 1.807) is 12.1 Å². The third-order valence-electron chi connectivity index (χ3n) is 3.74. The third kappa shape index (κ3) is 2.58. The second kappa shape index (κ2) is 5.49. The van der Waals surface area contributed by atoms with Gasteiger partial charge in [0.05, 0.1) is 18.4 Å². The van der Waals surface area contributed by atoms with E-state index in [9.17, 15) is 18.4 Å². The van der Waals surface area contributed by atoms with Crippen molar-refractivity contribution >= 4 is 6.08 Å². The second-order valence-electron chi connectivity index (χ2n) is 5.20. The number of aromatic nitrogens is 2. The molecule has 1 N–H and O–H groups in total. The Morgan fingerprint density at radius 2 is 1.91 bits per heavy atom. The molecule has 0 radical (unpaired) electrons. The van der Waals surface area contributed by atoms with Crippen molar-refractivity contribution in [2.45, 2.75) is 18.8 Å². The predicted octanol–water partition coefficient (Wildman–Crippen LogP) is 2.43. The summed E-state index contributed by atoms with van der Waals surface area (Å²) in [4.78, 5) is 26.9. The van der Waals surface area contributed by atoms with Crippen LogP contribution in [0, 0.1) is 0 Å². The Morgan fingerprint density at radius 1 is 1.22 bits per heavy atom. The van der Waals surface area contributed by atoms with Crippen molar-refractivity contribution in [2.24, 2.45) is 0 Å². The quantitative estimate of drug-likeness (QED) is 0.924. The van der Waals surface area contributed by atoms with Gasteiger partial charge in [-0.05, 0) is 30.7 Å². The van der Waals surface area contributed by atoms with Gasteiger partial charge in [-0.1, -0.05) is 12.2 Å². The average molecular weight is 320 g/mol. The topological polar surface area (TPSA) is 64.1 Å². The molecule has 1 aromatic heterocycles. The first-order chi connectivity index (χ1) is 10.9. The fourth-order valence-electron chi connectivity index (χ4n) is 2.55. The Hall–Kier alpha value is -2.70. The van der Waals surface area contributed by atoms with Gasteiger partial charge in [-0.3, -0.25) is 4.79 Å². The molecule has 0 atom stereocenters. The molecule has 7 heteroatoms. The van der Waals surface area contributed by atoms with E-state index < -0.39 is 29.3 Å². The van der Waals surface area contributed by atoms with Crippen molar-refractivity contribution in [2.75, 3.05) is 7.11 Å². The molecule has 120 valence electrons. The zero-order chi connectivity index (χ0) is 16.6. The number of allylic oxidation sites excluding steroid dienone is 1. The minimum absolute atomic E-state index is 0.131. The number of methoxy groups -OCH3 is 1. The Balaban J connectivity index is 2.26. The van der Waals surface area contributed by atoms with Crippen LogP contribution in [0.3, 0.4) is 0 Å². The molecule has 0 spiro atoms. The van der Waals surface area contributed by atoms with E-state index in [0.717, 1.165) is 4.57 Å². The van der Waals surface area contributed by atoms with Crippen molar-refractivity contribution in [1.29, 1.82) is 0 Å². The number of H-pyrrole nitrogens is 1. The molecule has 2 aromatic rings. The molecule has 0 amide bonds. The van der Waals surface area contributed by atoms with Crippen LogP contribution in [0.5, 0.6) is 5.75 Å². The molecule has 1 aliphatic rings.